The van der Waals surface area contributed by atoms with Crippen molar-refractivity contribution in [2.24, 2.45) is 0 Å². The van der Waals surface area contributed by atoms with Crippen LogP contribution in [0.4, 0.5) is 13.2 Å². The Morgan fingerprint density at radius 2 is 1.95 bits per heavy atom. The Balaban J connectivity index is 3.21. The van der Waals surface area contributed by atoms with Crippen molar-refractivity contribution in [3.05, 3.63) is 23.8 Å². The van der Waals surface area contributed by atoms with E-state index < -0.39 is 22.7 Å². The summed E-state index contributed by atoms with van der Waals surface area (Å²) >= 11 is 5.61. The van der Waals surface area contributed by atoms with Crippen LogP contribution in [0.2, 0.25) is 0 Å². The minimum Gasteiger partial charge on any atom is -0.495 e. The molecule has 0 aliphatic rings. The fourth-order valence-electron chi connectivity index (χ4n) is 1.51. The van der Waals surface area contributed by atoms with E-state index in [9.17, 15) is 21.6 Å². The predicted molar refractivity (Wildman–Crippen MR) is 68.4 cm³/mol. The van der Waals surface area contributed by atoms with Crippen molar-refractivity contribution in [1.82, 2.24) is 4.31 Å². The molecule has 0 amide bonds. The van der Waals surface area contributed by atoms with Gasteiger partial charge in [-0.15, -0.1) is 11.6 Å². The summed E-state index contributed by atoms with van der Waals surface area (Å²) in [6.07, 6.45) is -4.62. The zero-order valence-electron chi connectivity index (χ0n) is 10.7. The molecule has 4 nitrogen and oxygen atoms in total. The van der Waals surface area contributed by atoms with Crippen molar-refractivity contribution in [3.63, 3.8) is 0 Å². The quantitative estimate of drug-likeness (QED) is 0.779. The number of nitrogens with zero attached hydrogens (tertiary/aromatic N) is 1. The van der Waals surface area contributed by atoms with Crippen LogP contribution in [0.3, 0.4) is 0 Å². The highest BCUT2D eigenvalue weighted by molar-refractivity contribution is 7.89. The lowest BCUT2D eigenvalue weighted by Crippen LogP contribution is -2.36. The fourth-order valence-corrected chi connectivity index (χ4v) is 2.97. The van der Waals surface area contributed by atoms with E-state index in [1.54, 1.807) is 0 Å². The van der Waals surface area contributed by atoms with Crippen LogP contribution >= 0.6 is 11.6 Å². The third kappa shape index (κ3) is 4.00. The standard InChI is InChI=1S/C11H13ClF3NO3S/c1-16(7-11(13,14)15)20(17,18)10-4-3-8(6-12)5-9(10)19-2/h3-5H,6-7H2,1-2H3. The van der Waals surface area contributed by atoms with Crippen molar-refractivity contribution in [2.45, 2.75) is 17.0 Å². The number of rotatable bonds is 5. The molecule has 0 radical (unpaired) electrons. The van der Waals surface area contributed by atoms with Gasteiger partial charge in [0.15, 0.2) is 0 Å². The van der Waals surface area contributed by atoms with Crippen LogP contribution in [0.25, 0.3) is 0 Å². The summed E-state index contributed by atoms with van der Waals surface area (Å²) in [6.45, 7) is -1.57. The van der Waals surface area contributed by atoms with E-state index in [0.717, 1.165) is 7.05 Å². The number of methoxy groups -OCH3 is 1. The van der Waals surface area contributed by atoms with Gasteiger partial charge in [-0.05, 0) is 17.7 Å². The van der Waals surface area contributed by atoms with E-state index >= 15 is 0 Å². The summed E-state index contributed by atoms with van der Waals surface area (Å²) in [5.41, 5.74) is 0.598. The van der Waals surface area contributed by atoms with Crippen LogP contribution in [0.5, 0.6) is 5.75 Å². The van der Waals surface area contributed by atoms with Crippen LogP contribution in [-0.4, -0.2) is 39.6 Å². The second kappa shape index (κ2) is 6.19. The molecule has 0 saturated carbocycles. The van der Waals surface area contributed by atoms with Gasteiger partial charge in [0.1, 0.15) is 17.2 Å². The number of ether oxygens (including phenoxy) is 1. The molecule has 20 heavy (non-hydrogen) atoms. The van der Waals surface area contributed by atoms with E-state index in [4.69, 9.17) is 16.3 Å². The lowest BCUT2D eigenvalue weighted by Gasteiger charge is -2.20. The molecule has 1 rings (SSSR count). The van der Waals surface area contributed by atoms with Crippen LogP contribution in [0.15, 0.2) is 23.1 Å². The third-order valence-corrected chi connectivity index (χ3v) is 4.62. The van der Waals surface area contributed by atoms with Crippen molar-refractivity contribution < 1.29 is 26.3 Å². The first-order valence-corrected chi connectivity index (χ1v) is 7.35. The van der Waals surface area contributed by atoms with Gasteiger partial charge in [0.2, 0.25) is 10.0 Å². The molecule has 1 aromatic carbocycles. The molecule has 9 heteroatoms. The molecular weight excluding hydrogens is 319 g/mol. The Morgan fingerprint density at radius 1 is 1.35 bits per heavy atom. The van der Waals surface area contributed by atoms with Crippen LogP contribution in [0.1, 0.15) is 5.56 Å². The number of hydrogen-bond donors (Lipinski definition) is 0. The molecule has 114 valence electrons. The number of benzene rings is 1. The van der Waals surface area contributed by atoms with Crippen molar-refractivity contribution in [3.8, 4) is 5.75 Å². The van der Waals surface area contributed by atoms with E-state index in [0.29, 0.717) is 5.56 Å². The van der Waals surface area contributed by atoms with Crippen LogP contribution in [-0.2, 0) is 15.9 Å². The average molecular weight is 332 g/mol. The van der Waals surface area contributed by atoms with Gasteiger partial charge in [-0.25, -0.2) is 8.42 Å². The van der Waals surface area contributed by atoms with Gasteiger partial charge < -0.3 is 4.74 Å². The number of sulfonamides is 1. The average Bonchev–Trinajstić information content (AvgIpc) is 2.35. The van der Waals surface area contributed by atoms with Gasteiger partial charge in [0, 0.05) is 12.9 Å². The van der Waals surface area contributed by atoms with Crippen LogP contribution in [0, 0.1) is 0 Å². The van der Waals surface area contributed by atoms with Crippen molar-refractivity contribution >= 4 is 21.6 Å². The number of halogens is 4. The SMILES string of the molecule is COc1cc(CCl)ccc1S(=O)(=O)N(C)CC(F)(F)F. The van der Waals surface area contributed by atoms with Gasteiger partial charge in [0.25, 0.3) is 0 Å². The summed E-state index contributed by atoms with van der Waals surface area (Å²) in [5.74, 6) is 0.0897. The maximum absolute atomic E-state index is 12.3. The molecular formula is C11H13ClF3NO3S. The second-order valence-electron chi connectivity index (χ2n) is 4.00. The van der Waals surface area contributed by atoms with E-state index in [1.165, 1.54) is 25.3 Å². The van der Waals surface area contributed by atoms with Crippen molar-refractivity contribution in [1.29, 1.82) is 0 Å². The van der Waals surface area contributed by atoms with Gasteiger partial charge >= 0.3 is 6.18 Å². The van der Waals surface area contributed by atoms with Crippen molar-refractivity contribution in [2.75, 3.05) is 20.7 Å². The Morgan fingerprint density at radius 3 is 2.40 bits per heavy atom. The third-order valence-electron chi connectivity index (χ3n) is 2.47. The fraction of sp³-hybridized carbons (Fsp3) is 0.455. The Bertz CT molecular complexity index is 575. The molecule has 0 bridgehead atoms. The van der Waals surface area contributed by atoms with Gasteiger partial charge in [-0.1, -0.05) is 6.07 Å². The molecule has 1 aromatic rings. The maximum Gasteiger partial charge on any atom is 0.402 e. The molecule has 0 fully saturated rings. The first-order chi connectivity index (χ1) is 9.11. The van der Waals surface area contributed by atoms with E-state index in [1.807, 2.05) is 0 Å². The molecule has 0 unspecified atom stereocenters. The maximum atomic E-state index is 12.3. The summed E-state index contributed by atoms with van der Waals surface area (Å²) < 4.78 is 66.2. The number of hydrogen-bond acceptors (Lipinski definition) is 3. The summed E-state index contributed by atoms with van der Waals surface area (Å²) in [6, 6.07) is 3.98. The summed E-state index contributed by atoms with van der Waals surface area (Å²) in [5, 5.41) is 0. The largest absolute Gasteiger partial charge is 0.495 e. The summed E-state index contributed by atoms with van der Waals surface area (Å²) in [7, 11) is -2.20. The van der Waals surface area contributed by atoms with E-state index in [-0.39, 0.29) is 20.8 Å². The molecule has 0 aliphatic heterocycles. The zero-order valence-corrected chi connectivity index (χ0v) is 12.3. The highest BCUT2D eigenvalue weighted by Gasteiger charge is 2.35. The number of alkyl halides is 4. The first kappa shape index (κ1) is 17.1. The lowest BCUT2D eigenvalue weighted by atomic mass is 10.2. The highest BCUT2D eigenvalue weighted by atomic mass is 35.5. The molecule has 0 aliphatic carbocycles. The molecule has 0 atom stereocenters. The zero-order chi connectivity index (χ0) is 15.6. The first-order valence-electron chi connectivity index (χ1n) is 5.38. The molecule has 0 N–H and O–H groups in total. The van der Waals surface area contributed by atoms with Gasteiger partial charge in [-0.3, -0.25) is 0 Å². The molecule has 0 heterocycles. The minimum atomic E-state index is -4.62. The van der Waals surface area contributed by atoms with Crippen LogP contribution < -0.4 is 4.74 Å². The Kier molecular flexibility index (Phi) is 5.28. The highest BCUT2D eigenvalue weighted by Crippen LogP contribution is 2.29. The Labute approximate surface area is 120 Å². The smallest absolute Gasteiger partial charge is 0.402 e. The monoisotopic (exact) mass is 331 g/mol. The van der Waals surface area contributed by atoms with E-state index in [2.05, 4.69) is 0 Å². The molecule has 0 aromatic heterocycles. The normalized spacial score (nSPS) is 12.8. The predicted octanol–water partition coefficient (Wildman–Crippen LogP) is 2.62. The topological polar surface area (TPSA) is 46.6 Å². The minimum absolute atomic E-state index is 0.0443. The molecule has 0 spiro atoms. The summed E-state index contributed by atoms with van der Waals surface area (Å²) in [4.78, 5) is -0.333. The lowest BCUT2D eigenvalue weighted by molar-refractivity contribution is -0.134. The Hall–Kier alpha value is -0.990. The van der Waals surface area contributed by atoms with Gasteiger partial charge in [-0.2, -0.15) is 17.5 Å². The second-order valence-corrected chi connectivity index (χ2v) is 6.28. The molecule has 0 saturated heterocycles. The van der Waals surface area contributed by atoms with Gasteiger partial charge in [0.05, 0.1) is 7.11 Å².